The van der Waals surface area contributed by atoms with Crippen LogP contribution in [0.25, 0.3) is 0 Å². The maximum absolute atomic E-state index is 13.4. The summed E-state index contributed by atoms with van der Waals surface area (Å²) in [4.78, 5) is 4.50. The van der Waals surface area contributed by atoms with Crippen molar-refractivity contribution in [1.29, 1.82) is 5.26 Å². The highest BCUT2D eigenvalue weighted by molar-refractivity contribution is 7.16. The lowest BCUT2D eigenvalue weighted by atomic mass is 10.2. The predicted molar refractivity (Wildman–Crippen MR) is 65.6 cm³/mol. The molecular formula is C11H7ClFN3S. The van der Waals surface area contributed by atoms with E-state index in [1.807, 2.05) is 6.07 Å². The first-order valence-corrected chi connectivity index (χ1v) is 5.92. The number of anilines is 1. The van der Waals surface area contributed by atoms with Crippen molar-refractivity contribution in [2.75, 3.05) is 5.32 Å². The molecule has 0 spiro atoms. The van der Waals surface area contributed by atoms with E-state index in [9.17, 15) is 4.39 Å². The van der Waals surface area contributed by atoms with E-state index in [0.29, 0.717) is 20.6 Å². The largest absolute Gasteiger partial charge is 0.357 e. The summed E-state index contributed by atoms with van der Waals surface area (Å²) in [6.45, 7) is 0.283. The zero-order valence-corrected chi connectivity index (χ0v) is 10.1. The zero-order chi connectivity index (χ0) is 12.3. The quantitative estimate of drug-likeness (QED) is 0.927. The molecule has 0 aliphatic heterocycles. The number of benzene rings is 1. The second-order valence-corrected chi connectivity index (χ2v) is 4.70. The fourth-order valence-electron chi connectivity index (χ4n) is 1.26. The molecule has 17 heavy (non-hydrogen) atoms. The van der Waals surface area contributed by atoms with Crippen LogP contribution in [0.3, 0.4) is 0 Å². The number of halogens is 2. The van der Waals surface area contributed by atoms with Crippen LogP contribution in [0.15, 0.2) is 24.4 Å². The first-order valence-electron chi connectivity index (χ1n) is 4.73. The van der Waals surface area contributed by atoms with Gasteiger partial charge in [0.2, 0.25) is 0 Å². The Labute approximate surface area is 106 Å². The molecule has 2 rings (SSSR count). The van der Waals surface area contributed by atoms with Crippen LogP contribution in [-0.4, -0.2) is 4.98 Å². The highest BCUT2D eigenvalue weighted by atomic mass is 35.5. The summed E-state index contributed by atoms with van der Waals surface area (Å²) in [6.07, 6.45) is 1.47. The fraction of sp³-hybridized carbons (Fsp3) is 0.0909. The van der Waals surface area contributed by atoms with Gasteiger partial charge in [-0.1, -0.05) is 22.9 Å². The molecule has 3 nitrogen and oxygen atoms in total. The van der Waals surface area contributed by atoms with Crippen molar-refractivity contribution in [1.82, 2.24) is 4.98 Å². The van der Waals surface area contributed by atoms with Crippen LogP contribution in [0.2, 0.25) is 5.02 Å². The van der Waals surface area contributed by atoms with Crippen LogP contribution >= 0.6 is 22.9 Å². The second-order valence-electron chi connectivity index (χ2n) is 3.23. The van der Waals surface area contributed by atoms with Gasteiger partial charge in [-0.25, -0.2) is 9.37 Å². The molecule has 1 N–H and O–H groups in total. The predicted octanol–water partition coefficient (Wildman–Crippen LogP) is 3.42. The Bertz CT molecular complexity index is 576. The third kappa shape index (κ3) is 2.93. The molecule has 0 fully saturated rings. The van der Waals surface area contributed by atoms with E-state index in [1.54, 1.807) is 6.07 Å². The van der Waals surface area contributed by atoms with E-state index in [1.165, 1.54) is 29.7 Å². The van der Waals surface area contributed by atoms with Gasteiger partial charge in [-0.15, -0.1) is 0 Å². The molecule has 1 aromatic heterocycles. The van der Waals surface area contributed by atoms with E-state index in [-0.39, 0.29) is 12.4 Å². The van der Waals surface area contributed by atoms with Crippen LogP contribution in [0.1, 0.15) is 10.4 Å². The Morgan fingerprint density at radius 2 is 2.35 bits per heavy atom. The number of hydrogen-bond donors (Lipinski definition) is 1. The van der Waals surface area contributed by atoms with Crippen molar-refractivity contribution in [3.05, 3.63) is 45.7 Å². The second kappa shape index (κ2) is 5.13. The van der Waals surface area contributed by atoms with E-state index < -0.39 is 0 Å². The van der Waals surface area contributed by atoms with Crippen LogP contribution in [0, 0.1) is 17.1 Å². The van der Waals surface area contributed by atoms with E-state index in [0.717, 1.165) is 0 Å². The van der Waals surface area contributed by atoms with Gasteiger partial charge in [-0.2, -0.15) is 5.26 Å². The first kappa shape index (κ1) is 11.8. The van der Waals surface area contributed by atoms with Gasteiger partial charge in [0.1, 0.15) is 16.8 Å². The minimum atomic E-state index is -0.320. The number of aromatic nitrogens is 1. The number of nitrogens with zero attached hydrogens (tertiary/aromatic N) is 2. The number of hydrogen-bond acceptors (Lipinski definition) is 4. The summed E-state index contributed by atoms with van der Waals surface area (Å²) >= 11 is 7.00. The maximum Gasteiger partial charge on any atom is 0.184 e. The third-order valence-corrected chi connectivity index (χ3v) is 3.15. The van der Waals surface area contributed by atoms with Gasteiger partial charge in [0.05, 0.1) is 6.20 Å². The van der Waals surface area contributed by atoms with Crippen molar-refractivity contribution in [2.24, 2.45) is 0 Å². The van der Waals surface area contributed by atoms with Crippen molar-refractivity contribution >= 4 is 28.1 Å². The van der Waals surface area contributed by atoms with Crippen molar-refractivity contribution in [3.8, 4) is 6.07 Å². The lowest BCUT2D eigenvalue weighted by Gasteiger charge is -2.04. The molecule has 0 atom stereocenters. The molecule has 0 amide bonds. The molecule has 0 radical (unpaired) electrons. The number of rotatable bonds is 3. The fourth-order valence-corrected chi connectivity index (χ4v) is 2.06. The molecule has 6 heteroatoms. The van der Waals surface area contributed by atoms with Gasteiger partial charge in [0.15, 0.2) is 5.13 Å². The van der Waals surface area contributed by atoms with Crippen LogP contribution < -0.4 is 5.32 Å². The molecule has 0 bridgehead atoms. The van der Waals surface area contributed by atoms with Crippen LogP contribution in [0.5, 0.6) is 0 Å². The standard InChI is InChI=1S/C11H7ClFN3S/c12-8-1-2-10(13)7(3-8)5-15-11-16-6-9(4-14)17-11/h1-3,6H,5H2,(H,15,16). The summed E-state index contributed by atoms with van der Waals surface area (Å²) in [5.41, 5.74) is 0.464. The minimum Gasteiger partial charge on any atom is -0.357 e. The Morgan fingerprint density at radius 1 is 1.53 bits per heavy atom. The highest BCUT2D eigenvalue weighted by Gasteiger charge is 2.05. The van der Waals surface area contributed by atoms with Gasteiger partial charge < -0.3 is 5.32 Å². The van der Waals surface area contributed by atoms with Gasteiger partial charge in [-0.3, -0.25) is 0 Å². The van der Waals surface area contributed by atoms with Gasteiger partial charge in [-0.05, 0) is 18.2 Å². The van der Waals surface area contributed by atoms with Crippen LogP contribution in [0.4, 0.5) is 9.52 Å². The Hall–Kier alpha value is -1.64. The van der Waals surface area contributed by atoms with E-state index in [4.69, 9.17) is 16.9 Å². The molecule has 1 aromatic carbocycles. The maximum atomic E-state index is 13.4. The molecule has 0 aliphatic carbocycles. The summed E-state index contributed by atoms with van der Waals surface area (Å²) in [6, 6.07) is 6.36. The number of nitriles is 1. The summed E-state index contributed by atoms with van der Waals surface area (Å²) in [7, 11) is 0. The van der Waals surface area contributed by atoms with Crippen LogP contribution in [-0.2, 0) is 6.54 Å². The van der Waals surface area contributed by atoms with Crippen molar-refractivity contribution < 1.29 is 4.39 Å². The summed E-state index contributed by atoms with van der Waals surface area (Å²) in [5.74, 6) is -0.320. The van der Waals surface area contributed by atoms with Crippen molar-refractivity contribution in [2.45, 2.75) is 6.54 Å². The molecule has 2 aromatic rings. The smallest absolute Gasteiger partial charge is 0.184 e. The normalized spacial score (nSPS) is 9.94. The highest BCUT2D eigenvalue weighted by Crippen LogP contribution is 2.20. The first-order chi connectivity index (χ1) is 8.19. The third-order valence-electron chi connectivity index (χ3n) is 2.05. The van der Waals surface area contributed by atoms with Crippen molar-refractivity contribution in [3.63, 3.8) is 0 Å². The minimum absolute atomic E-state index is 0.283. The average Bonchev–Trinajstić information content (AvgIpc) is 2.78. The molecule has 0 saturated heterocycles. The zero-order valence-electron chi connectivity index (χ0n) is 8.58. The SMILES string of the molecule is N#Cc1cnc(NCc2cc(Cl)ccc2F)s1. The van der Waals surface area contributed by atoms with Gasteiger partial charge in [0, 0.05) is 17.1 Å². The molecule has 0 saturated carbocycles. The topological polar surface area (TPSA) is 48.7 Å². The lowest BCUT2D eigenvalue weighted by Crippen LogP contribution is -2.01. The van der Waals surface area contributed by atoms with E-state index >= 15 is 0 Å². The van der Waals surface area contributed by atoms with E-state index in [2.05, 4.69) is 10.3 Å². The molecule has 0 aliphatic rings. The van der Waals surface area contributed by atoms with Gasteiger partial charge in [0.25, 0.3) is 0 Å². The molecule has 1 heterocycles. The Balaban J connectivity index is 2.07. The molecular weight excluding hydrogens is 261 g/mol. The summed E-state index contributed by atoms with van der Waals surface area (Å²) < 4.78 is 13.4. The summed E-state index contributed by atoms with van der Waals surface area (Å²) in [5, 5.41) is 12.6. The Morgan fingerprint density at radius 3 is 3.06 bits per heavy atom. The lowest BCUT2D eigenvalue weighted by molar-refractivity contribution is 0.613. The average molecular weight is 268 g/mol. The molecule has 0 unspecified atom stereocenters. The number of thiazole rings is 1. The molecule has 86 valence electrons. The number of nitrogens with one attached hydrogen (secondary N) is 1. The Kier molecular flexibility index (Phi) is 3.57. The van der Waals surface area contributed by atoms with Gasteiger partial charge >= 0.3 is 0 Å². The monoisotopic (exact) mass is 267 g/mol.